The van der Waals surface area contributed by atoms with E-state index in [2.05, 4.69) is 35.2 Å². The Balaban J connectivity index is 1.03. The van der Waals surface area contributed by atoms with Crippen molar-refractivity contribution in [3.8, 4) is 63.3 Å². The van der Waals surface area contributed by atoms with Crippen LogP contribution >= 0.6 is 11.6 Å². The molecule has 0 fully saturated rings. The van der Waals surface area contributed by atoms with Crippen LogP contribution < -0.4 is 9.47 Å². The standard InChI is InChI=1S/C49H52ClN5O7/c1-7-13-37-32(15-9-19-39(37)46-52-48(61-54-46)34-23-25-42(58-30(3)4)36(27-34)29-51)17-11-21-44(56)60-45(57)22-12-18-33-16-10-20-40(38(33)14-8-2)47-53-49(62-55-47)35-24-26-43(41(50)28-35)59-31(5)6/h9-10,15-16,19-20,23-28,30-31H,7-8,11-14,17-18,21-22H2,1-6H3. The molecule has 2 aromatic heterocycles. The molecule has 0 aliphatic heterocycles. The number of rotatable bonds is 20. The molecule has 6 rings (SSSR count). The smallest absolute Gasteiger partial charge is 0.313 e. The van der Waals surface area contributed by atoms with Crippen LogP contribution in [0.2, 0.25) is 5.02 Å². The zero-order valence-electron chi connectivity index (χ0n) is 36.1. The van der Waals surface area contributed by atoms with Crippen LogP contribution in [0.4, 0.5) is 0 Å². The number of carbonyl (C=O) groups excluding carboxylic acids is 2. The Morgan fingerprint density at radius 2 is 1.16 bits per heavy atom. The van der Waals surface area contributed by atoms with E-state index >= 15 is 0 Å². The van der Waals surface area contributed by atoms with E-state index in [4.69, 9.17) is 39.8 Å². The highest BCUT2D eigenvalue weighted by molar-refractivity contribution is 6.32. The SMILES string of the molecule is CCCc1c(CCCC(=O)OC(=O)CCCc2cccc(-c3noc(-c4ccc(OC(C)C)c(C#N)c4)n3)c2CCC)cccc1-c1noc(-c2ccc(OC(C)C)c(Cl)c2)n1. The van der Waals surface area contributed by atoms with Gasteiger partial charge in [-0.1, -0.05) is 85.0 Å². The zero-order chi connectivity index (χ0) is 44.2. The van der Waals surface area contributed by atoms with E-state index in [1.54, 1.807) is 30.3 Å². The molecular formula is C49H52ClN5O7. The molecule has 322 valence electrons. The second-order valence-electron chi connectivity index (χ2n) is 15.6. The van der Waals surface area contributed by atoms with Crippen LogP contribution in [-0.4, -0.2) is 44.4 Å². The lowest BCUT2D eigenvalue weighted by atomic mass is 9.93. The van der Waals surface area contributed by atoms with Gasteiger partial charge in [0, 0.05) is 35.1 Å². The summed E-state index contributed by atoms with van der Waals surface area (Å²) in [7, 11) is 0. The summed E-state index contributed by atoms with van der Waals surface area (Å²) >= 11 is 6.47. The van der Waals surface area contributed by atoms with Crippen molar-refractivity contribution >= 4 is 23.5 Å². The number of carbonyl (C=O) groups is 2. The van der Waals surface area contributed by atoms with E-state index in [-0.39, 0.29) is 25.0 Å². The molecule has 4 aromatic carbocycles. The first-order valence-corrected chi connectivity index (χ1v) is 21.7. The number of esters is 2. The van der Waals surface area contributed by atoms with Gasteiger partial charge in [-0.15, -0.1) is 0 Å². The van der Waals surface area contributed by atoms with Crippen LogP contribution in [0.15, 0.2) is 81.8 Å². The molecule has 0 saturated heterocycles. The summed E-state index contributed by atoms with van der Waals surface area (Å²) in [6.07, 6.45) is 5.69. The molecule has 62 heavy (non-hydrogen) atoms. The Morgan fingerprint density at radius 1 is 0.677 bits per heavy atom. The largest absolute Gasteiger partial charge is 0.490 e. The molecule has 0 aliphatic rings. The van der Waals surface area contributed by atoms with Gasteiger partial charge in [-0.2, -0.15) is 15.2 Å². The Morgan fingerprint density at radius 3 is 1.63 bits per heavy atom. The Kier molecular flexibility index (Phi) is 15.7. The maximum Gasteiger partial charge on any atom is 0.313 e. The summed E-state index contributed by atoms with van der Waals surface area (Å²) in [5, 5.41) is 18.7. The number of benzene rings is 4. The number of nitriles is 1. The second-order valence-corrected chi connectivity index (χ2v) is 16.0. The average molecular weight is 858 g/mol. The van der Waals surface area contributed by atoms with Crippen molar-refractivity contribution in [3.05, 3.63) is 106 Å². The highest BCUT2D eigenvalue weighted by Crippen LogP contribution is 2.34. The van der Waals surface area contributed by atoms with Gasteiger partial charge in [0.05, 0.1) is 22.8 Å². The highest BCUT2D eigenvalue weighted by atomic mass is 35.5. The molecule has 0 radical (unpaired) electrons. The first kappa shape index (κ1) is 45.2. The number of aryl methyl sites for hydroxylation is 2. The van der Waals surface area contributed by atoms with Crippen LogP contribution in [0.3, 0.4) is 0 Å². The molecule has 0 atom stereocenters. The number of hydrogen-bond acceptors (Lipinski definition) is 12. The molecule has 12 nitrogen and oxygen atoms in total. The van der Waals surface area contributed by atoms with Crippen LogP contribution in [0.5, 0.6) is 11.5 Å². The first-order chi connectivity index (χ1) is 30.0. The number of ether oxygens (including phenoxy) is 3. The minimum atomic E-state index is -0.544. The first-order valence-electron chi connectivity index (χ1n) is 21.3. The lowest BCUT2D eigenvalue weighted by Crippen LogP contribution is -2.13. The van der Waals surface area contributed by atoms with E-state index in [9.17, 15) is 14.9 Å². The van der Waals surface area contributed by atoms with Gasteiger partial charge in [0.15, 0.2) is 0 Å². The van der Waals surface area contributed by atoms with Gasteiger partial charge < -0.3 is 23.3 Å². The molecular weight excluding hydrogens is 806 g/mol. The minimum Gasteiger partial charge on any atom is -0.490 e. The fraction of sp³-hybridized carbons (Fsp3) is 0.367. The van der Waals surface area contributed by atoms with Crippen molar-refractivity contribution in [1.82, 2.24) is 20.3 Å². The van der Waals surface area contributed by atoms with Crippen LogP contribution in [0.25, 0.3) is 45.7 Å². The monoisotopic (exact) mass is 857 g/mol. The van der Waals surface area contributed by atoms with Gasteiger partial charge >= 0.3 is 11.9 Å². The summed E-state index contributed by atoms with van der Waals surface area (Å²) in [6, 6.07) is 24.7. The zero-order valence-corrected chi connectivity index (χ0v) is 36.9. The third-order valence-electron chi connectivity index (χ3n) is 10.0. The lowest BCUT2D eigenvalue weighted by molar-refractivity contribution is -0.159. The molecule has 0 amide bonds. The highest BCUT2D eigenvalue weighted by Gasteiger charge is 2.20. The molecule has 0 spiro atoms. The molecule has 0 bridgehead atoms. The van der Waals surface area contributed by atoms with Crippen molar-refractivity contribution in [2.24, 2.45) is 0 Å². The molecule has 0 aliphatic carbocycles. The maximum absolute atomic E-state index is 12.8. The number of halogens is 1. The van der Waals surface area contributed by atoms with Crippen molar-refractivity contribution in [1.29, 1.82) is 5.26 Å². The van der Waals surface area contributed by atoms with Gasteiger partial charge in [0.2, 0.25) is 11.6 Å². The van der Waals surface area contributed by atoms with Crippen molar-refractivity contribution in [2.75, 3.05) is 0 Å². The van der Waals surface area contributed by atoms with Gasteiger partial charge in [-0.05, 0) is 125 Å². The normalized spacial score (nSPS) is 11.2. The molecule has 0 unspecified atom stereocenters. The van der Waals surface area contributed by atoms with E-state index in [1.165, 1.54) is 0 Å². The number of nitrogens with zero attached hydrogens (tertiary/aromatic N) is 5. The third-order valence-corrected chi connectivity index (χ3v) is 10.3. The predicted molar refractivity (Wildman–Crippen MR) is 237 cm³/mol. The van der Waals surface area contributed by atoms with Crippen LogP contribution in [-0.2, 0) is 40.0 Å². The number of aromatic nitrogens is 4. The summed E-state index contributed by atoms with van der Waals surface area (Å²) in [4.78, 5) is 35.0. The Hall–Kier alpha value is -6.32. The summed E-state index contributed by atoms with van der Waals surface area (Å²) in [5.74, 6) is 1.55. The number of hydrogen-bond donors (Lipinski definition) is 0. The van der Waals surface area contributed by atoms with Crippen LogP contribution in [0.1, 0.15) is 108 Å². The third kappa shape index (κ3) is 11.5. The van der Waals surface area contributed by atoms with Crippen LogP contribution in [0, 0.1) is 11.3 Å². The van der Waals surface area contributed by atoms with Gasteiger partial charge in [0.1, 0.15) is 17.6 Å². The van der Waals surface area contributed by atoms with Crippen molar-refractivity contribution in [2.45, 2.75) is 118 Å². The van der Waals surface area contributed by atoms with Gasteiger partial charge in [-0.3, -0.25) is 9.59 Å². The van der Waals surface area contributed by atoms with E-state index < -0.39 is 11.9 Å². The molecule has 0 saturated carbocycles. The maximum atomic E-state index is 12.8. The van der Waals surface area contributed by atoms with E-state index in [1.807, 2.05) is 70.2 Å². The van der Waals surface area contributed by atoms with Gasteiger partial charge in [-0.25, -0.2) is 0 Å². The topological polar surface area (TPSA) is 163 Å². The minimum absolute atomic E-state index is 0.0116. The van der Waals surface area contributed by atoms with Crippen molar-refractivity contribution < 1.29 is 32.8 Å². The quantitative estimate of drug-likeness (QED) is 0.0528. The second kappa shape index (κ2) is 21.5. The van der Waals surface area contributed by atoms with Gasteiger partial charge in [0.25, 0.3) is 11.8 Å². The summed E-state index contributed by atoms with van der Waals surface area (Å²) in [5.41, 5.74) is 7.70. The van der Waals surface area contributed by atoms with Crippen molar-refractivity contribution in [3.63, 3.8) is 0 Å². The fourth-order valence-electron chi connectivity index (χ4n) is 7.31. The average Bonchev–Trinajstić information content (AvgIpc) is 3.94. The van der Waals surface area contributed by atoms with E-state index in [0.29, 0.717) is 82.3 Å². The molecule has 13 heteroatoms. The molecule has 0 N–H and O–H groups in total. The Labute approximate surface area is 367 Å². The molecule has 6 aromatic rings. The van der Waals surface area contributed by atoms with E-state index in [0.717, 1.165) is 59.1 Å². The Bertz CT molecular complexity index is 2540. The predicted octanol–water partition coefficient (Wildman–Crippen LogP) is 11.5. The summed E-state index contributed by atoms with van der Waals surface area (Å²) < 4.78 is 28.1. The lowest BCUT2D eigenvalue weighted by Gasteiger charge is -2.13. The molecule has 2 heterocycles. The fourth-order valence-corrected chi connectivity index (χ4v) is 7.54. The summed E-state index contributed by atoms with van der Waals surface area (Å²) in [6.45, 7) is 11.9.